The van der Waals surface area contributed by atoms with E-state index in [2.05, 4.69) is 10.6 Å². The number of anilines is 2. The molecule has 0 unspecified atom stereocenters. The molecule has 0 saturated carbocycles. The molecular formula is C32H32N4O6. The molecule has 3 aromatic rings. The molecule has 4 amide bonds. The summed E-state index contributed by atoms with van der Waals surface area (Å²) in [6.07, 6.45) is 0.332. The van der Waals surface area contributed by atoms with Gasteiger partial charge in [-0.15, -0.1) is 0 Å². The summed E-state index contributed by atoms with van der Waals surface area (Å²) >= 11 is 0. The summed E-state index contributed by atoms with van der Waals surface area (Å²) in [5, 5.41) is 5.22. The lowest BCUT2D eigenvalue weighted by Gasteiger charge is -2.25. The minimum atomic E-state index is -1.20. The van der Waals surface area contributed by atoms with E-state index in [9.17, 15) is 28.8 Å². The van der Waals surface area contributed by atoms with E-state index < -0.39 is 36.3 Å². The van der Waals surface area contributed by atoms with Crippen molar-refractivity contribution >= 4 is 47.1 Å². The second kappa shape index (κ2) is 13.5. The molecule has 0 radical (unpaired) electrons. The first-order chi connectivity index (χ1) is 20.2. The molecular weight excluding hydrogens is 536 g/mol. The van der Waals surface area contributed by atoms with Crippen LogP contribution in [0, 0.1) is 6.92 Å². The fraction of sp³-hybridized carbons (Fsp3) is 0.250. The van der Waals surface area contributed by atoms with Gasteiger partial charge in [0.1, 0.15) is 24.7 Å². The SMILES string of the molecule is CC(=O)C[C@@H](C=O)NC(=O)CN1C(=O)[C@@H](NC(=O)c2ccccc2)CN(C(=O)Cc2cccc(C)c2)c2ccccc21. The Hall–Kier alpha value is -5.12. The topological polar surface area (TPSA) is 133 Å². The predicted octanol–water partition coefficient (Wildman–Crippen LogP) is 2.38. The van der Waals surface area contributed by atoms with E-state index >= 15 is 0 Å². The van der Waals surface area contributed by atoms with Crippen molar-refractivity contribution in [2.24, 2.45) is 0 Å². The monoisotopic (exact) mass is 568 g/mol. The Morgan fingerprint density at radius 3 is 2.31 bits per heavy atom. The highest BCUT2D eigenvalue weighted by molar-refractivity contribution is 6.11. The van der Waals surface area contributed by atoms with Gasteiger partial charge >= 0.3 is 0 Å². The Morgan fingerprint density at radius 2 is 1.64 bits per heavy atom. The number of hydrogen-bond donors (Lipinski definition) is 2. The molecule has 0 aliphatic carbocycles. The zero-order valence-corrected chi connectivity index (χ0v) is 23.4. The smallest absolute Gasteiger partial charge is 0.251 e. The van der Waals surface area contributed by atoms with Crippen LogP contribution in [0.25, 0.3) is 0 Å². The second-order valence-corrected chi connectivity index (χ2v) is 10.2. The van der Waals surface area contributed by atoms with Crippen molar-refractivity contribution in [3.63, 3.8) is 0 Å². The van der Waals surface area contributed by atoms with Crippen LogP contribution >= 0.6 is 0 Å². The molecule has 10 heteroatoms. The van der Waals surface area contributed by atoms with Crippen molar-refractivity contribution in [1.29, 1.82) is 0 Å². The van der Waals surface area contributed by atoms with Crippen LogP contribution in [0.3, 0.4) is 0 Å². The van der Waals surface area contributed by atoms with Crippen LogP contribution in [0.2, 0.25) is 0 Å². The Labute approximate surface area is 243 Å². The lowest BCUT2D eigenvalue weighted by molar-refractivity contribution is -0.127. The first-order valence-electron chi connectivity index (χ1n) is 13.5. The van der Waals surface area contributed by atoms with Crippen molar-refractivity contribution in [2.45, 2.75) is 38.8 Å². The molecule has 1 aliphatic heterocycles. The van der Waals surface area contributed by atoms with Gasteiger partial charge in [-0.05, 0) is 43.7 Å². The minimum absolute atomic E-state index is 0.0517. The summed E-state index contributed by atoms with van der Waals surface area (Å²) in [7, 11) is 0. The largest absolute Gasteiger partial charge is 0.345 e. The highest BCUT2D eigenvalue weighted by Crippen LogP contribution is 2.33. The molecule has 1 heterocycles. The lowest BCUT2D eigenvalue weighted by Crippen LogP contribution is -2.54. The first-order valence-corrected chi connectivity index (χ1v) is 13.5. The van der Waals surface area contributed by atoms with Crippen molar-refractivity contribution < 1.29 is 28.8 Å². The minimum Gasteiger partial charge on any atom is -0.345 e. The van der Waals surface area contributed by atoms with E-state index in [1.165, 1.54) is 16.7 Å². The number of rotatable bonds is 10. The molecule has 1 aliphatic rings. The highest BCUT2D eigenvalue weighted by atomic mass is 16.2. The van der Waals surface area contributed by atoms with Gasteiger partial charge in [-0.25, -0.2) is 0 Å². The molecule has 0 spiro atoms. The Bertz CT molecular complexity index is 1510. The zero-order valence-electron chi connectivity index (χ0n) is 23.4. The molecule has 0 aromatic heterocycles. The summed E-state index contributed by atoms with van der Waals surface area (Å²) in [5.41, 5.74) is 2.80. The number of benzene rings is 3. The number of hydrogen-bond acceptors (Lipinski definition) is 6. The van der Waals surface area contributed by atoms with Crippen LogP contribution in [-0.2, 0) is 30.4 Å². The van der Waals surface area contributed by atoms with Gasteiger partial charge in [0.25, 0.3) is 11.8 Å². The third-order valence-electron chi connectivity index (χ3n) is 6.79. The maximum absolute atomic E-state index is 14.0. The molecule has 0 saturated heterocycles. The van der Waals surface area contributed by atoms with Crippen molar-refractivity contribution in [1.82, 2.24) is 10.6 Å². The molecule has 4 rings (SSSR count). The molecule has 2 atom stereocenters. The number of amides is 4. The van der Waals surface area contributed by atoms with Gasteiger partial charge in [-0.1, -0.05) is 60.2 Å². The van der Waals surface area contributed by atoms with Gasteiger partial charge in [0.15, 0.2) is 0 Å². The quantitative estimate of drug-likeness (QED) is 0.361. The van der Waals surface area contributed by atoms with E-state index in [0.717, 1.165) is 11.1 Å². The molecule has 0 bridgehead atoms. The molecule has 10 nitrogen and oxygen atoms in total. The fourth-order valence-corrected chi connectivity index (χ4v) is 4.86. The van der Waals surface area contributed by atoms with Gasteiger partial charge in [0.05, 0.1) is 30.4 Å². The molecule has 216 valence electrons. The number of carbonyl (C=O) groups excluding carboxylic acids is 6. The molecule has 42 heavy (non-hydrogen) atoms. The van der Waals surface area contributed by atoms with Crippen molar-refractivity contribution in [2.75, 3.05) is 22.9 Å². The lowest BCUT2D eigenvalue weighted by atomic mass is 10.1. The number of nitrogens with zero attached hydrogens (tertiary/aromatic N) is 2. The average molecular weight is 569 g/mol. The maximum atomic E-state index is 14.0. The van der Waals surface area contributed by atoms with E-state index in [4.69, 9.17) is 0 Å². The van der Waals surface area contributed by atoms with Gasteiger partial charge < -0.3 is 20.3 Å². The Morgan fingerprint density at radius 1 is 0.952 bits per heavy atom. The standard InChI is InChI=1S/C32H32N4O6/c1-21-9-8-10-23(15-21)17-30(40)35-18-26(34-31(41)24-11-4-3-5-12-24)32(42)36(28-14-7-6-13-27(28)35)19-29(39)33-25(20-37)16-22(2)38/h3-15,20,25-26H,16-19H2,1-2H3,(H,33,39)(H,34,41)/t25-,26-/m0/s1. The Balaban J connectivity index is 1.69. The number of carbonyl (C=O) groups is 6. The highest BCUT2D eigenvalue weighted by Gasteiger charge is 2.38. The van der Waals surface area contributed by atoms with Crippen LogP contribution in [0.15, 0.2) is 78.9 Å². The number of nitrogens with one attached hydrogen (secondary N) is 2. The summed E-state index contributed by atoms with van der Waals surface area (Å²) in [6.45, 7) is 2.56. The van der Waals surface area contributed by atoms with E-state index in [0.29, 0.717) is 23.2 Å². The first kappa shape index (κ1) is 29.9. The van der Waals surface area contributed by atoms with Crippen molar-refractivity contribution in [3.05, 3.63) is 95.6 Å². The van der Waals surface area contributed by atoms with E-state index in [1.807, 2.05) is 31.2 Å². The Kier molecular flexibility index (Phi) is 9.59. The summed E-state index contributed by atoms with van der Waals surface area (Å²) in [4.78, 5) is 79.5. The summed E-state index contributed by atoms with van der Waals surface area (Å²) < 4.78 is 0. The third-order valence-corrected chi connectivity index (χ3v) is 6.79. The predicted molar refractivity (Wildman–Crippen MR) is 157 cm³/mol. The number of aldehydes is 1. The molecule has 3 aromatic carbocycles. The van der Waals surface area contributed by atoms with Crippen LogP contribution in [0.1, 0.15) is 34.8 Å². The fourth-order valence-electron chi connectivity index (χ4n) is 4.86. The zero-order chi connectivity index (χ0) is 30.2. The van der Waals surface area contributed by atoms with Crippen molar-refractivity contribution in [3.8, 4) is 0 Å². The maximum Gasteiger partial charge on any atom is 0.251 e. The summed E-state index contributed by atoms with van der Waals surface area (Å²) in [5.74, 6) is -2.38. The van der Waals surface area contributed by atoms with Gasteiger partial charge in [-0.2, -0.15) is 0 Å². The normalized spacial score (nSPS) is 15.2. The van der Waals surface area contributed by atoms with Crippen LogP contribution < -0.4 is 20.4 Å². The number of fused-ring (bicyclic) bond motifs is 1. The second-order valence-electron chi connectivity index (χ2n) is 10.2. The van der Waals surface area contributed by atoms with Gasteiger partial charge in [-0.3, -0.25) is 28.9 Å². The number of aryl methyl sites for hydroxylation is 1. The van der Waals surface area contributed by atoms with E-state index in [1.54, 1.807) is 54.6 Å². The average Bonchev–Trinajstić information content (AvgIpc) is 3.07. The van der Waals surface area contributed by atoms with E-state index in [-0.39, 0.29) is 31.1 Å². The van der Waals surface area contributed by atoms with Gasteiger partial charge in [0.2, 0.25) is 11.8 Å². The molecule has 0 fully saturated rings. The number of para-hydroxylation sites is 2. The van der Waals surface area contributed by atoms with Crippen LogP contribution in [0.4, 0.5) is 11.4 Å². The number of ketones is 1. The third kappa shape index (κ3) is 7.34. The van der Waals surface area contributed by atoms with Crippen LogP contribution in [0.5, 0.6) is 0 Å². The number of Topliss-reactive ketones (excluding diaryl/α,β-unsaturated/α-hetero) is 1. The molecule has 2 N–H and O–H groups in total. The summed E-state index contributed by atoms with van der Waals surface area (Å²) in [6, 6.07) is 20.3. The van der Waals surface area contributed by atoms with Gasteiger partial charge in [0, 0.05) is 12.0 Å². The van der Waals surface area contributed by atoms with Crippen LogP contribution in [-0.4, -0.2) is 60.9 Å².